The minimum absolute atomic E-state index is 0.0954. The number of amides is 1. The van der Waals surface area contributed by atoms with Crippen LogP contribution in [0.2, 0.25) is 0 Å². The first-order valence-electron chi connectivity index (χ1n) is 7.38. The van der Waals surface area contributed by atoms with Gasteiger partial charge in [-0.1, -0.05) is 42.5 Å². The monoisotopic (exact) mass is 305 g/mol. The lowest BCUT2D eigenvalue weighted by Crippen LogP contribution is -2.42. The predicted molar refractivity (Wildman–Crippen MR) is 89.2 cm³/mol. The lowest BCUT2D eigenvalue weighted by atomic mass is 9.96. The molecule has 2 unspecified atom stereocenters. The molecule has 114 valence electrons. The van der Waals surface area contributed by atoms with Crippen LogP contribution in [0, 0.1) is 5.92 Å². The lowest BCUT2D eigenvalue weighted by Gasteiger charge is -2.30. The SMILES string of the molecule is CN1CCCC(CNC(=O)C(C(N)=S)c2ccccc2)C1. The number of likely N-dealkylation sites (tertiary alicyclic amines) is 1. The van der Waals surface area contributed by atoms with Crippen molar-refractivity contribution in [1.82, 2.24) is 10.2 Å². The van der Waals surface area contributed by atoms with E-state index in [1.165, 1.54) is 6.42 Å². The molecule has 0 radical (unpaired) electrons. The van der Waals surface area contributed by atoms with Crippen molar-refractivity contribution in [2.75, 3.05) is 26.7 Å². The molecular weight excluding hydrogens is 282 g/mol. The first-order chi connectivity index (χ1) is 10.1. The van der Waals surface area contributed by atoms with E-state index in [-0.39, 0.29) is 10.9 Å². The van der Waals surface area contributed by atoms with Crippen LogP contribution in [0.3, 0.4) is 0 Å². The topological polar surface area (TPSA) is 58.4 Å². The Hall–Kier alpha value is -1.46. The van der Waals surface area contributed by atoms with E-state index in [2.05, 4.69) is 17.3 Å². The number of nitrogens with two attached hydrogens (primary N) is 1. The zero-order valence-electron chi connectivity index (χ0n) is 12.4. The zero-order valence-corrected chi connectivity index (χ0v) is 13.2. The summed E-state index contributed by atoms with van der Waals surface area (Å²) in [5.74, 6) is -0.125. The molecule has 2 rings (SSSR count). The van der Waals surface area contributed by atoms with Gasteiger partial charge in [0, 0.05) is 13.1 Å². The fraction of sp³-hybridized carbons (Fsp3) is 0.500. The third-order valence-corrected chi connectivity index (χ3v) is 4.20. The molecule has 1 aromatic rings. The molecule has 1 fully saturated rings. The van der Waals surface area contributed by atoms with E-state index < -0.39 is 5.92 Å². The van der Waals surface area contributed by atoms with E-state index in [0.717, 1.165) is 25.1 Å². The van der Waals surface area contributed by atoms with Crippen LogP contribution in [0.25, 0.3) is 0 Å². The minimum Gasteiger partial charge on any atom is -0.392 e. The molecule has 4 nitrogen and oxygen atoms in total. The number of hydrogen-bond acceptors (Lipinski definition) is 3. The molecule has 1 saturated heterocycles. The quantitative estimate of drug-likeness (QED) is 0.810. The van der Waals surface area contributed by atoms with Gasteiger partial charge in [-0.2, -0.15) is 0 Å². The Bertz CT molecular complexity index is 492. The summed E-state index contributed by atoms with van der Waals surface area (Å²) in [6.07, 6.45) is 2.35. The van der Waals surface area contributed by atoms with Crippen molar-refractivity contribution >= 4 is 23.1 Å². The lowest BCUT2D eigenvalue weighted by molar-refractivity contribution is -0.121. The van der Waals surface area contributed by atoms with Gasteiger partial charge >= 0.3 is 0 Å². The van der Waals surface area contributed by atoms with Gasteiger partial charge in [-0.3, -0.25) is 4.79 Å². The van der Waals surface area contributed by atoms with Crippen molar-refractivity contribution in [3.05, 3.63) is 35.9 Å². The highest BCUT2D eigenvalue weighted by Crippen LogP contribution is 2.18. The summed E-state index contributed by atoms with van der Waals surface area (Å²) in [5, 5.41) is 3.02. The Morgan fingerprint density at radius 2 is 2.19 bits per heavy atom. The summed E-state index contributed by atoms with van der Waals surface area (Å²) in [4.78, 5) is 14.9. The Morgan fingerprint density at radius 1 is 1.48 bits per heavy atom. The van der Waals surface area contributed by atoms with Gasteiger partial charge in [0.15, 0.2) is 0 Å². The molecule has 1 aromatic carbocycles. The highest BCUT2D eigenvalue weighted by atomic mass is 32.1. The van der Waals surface area contributed by atoms with E-state index in [1.54, 1.807) is 0 Å². The summed E-state index contributed by atoms with van der Waals surface area (Å²) in [5.41, 5.74) is 6.61. The highest BCUT2D eigenvalue weighted by molar-refractivity contribution is 7.80. The van der Waals surface area contributed by atoms with Gasteiger partial charge < -0.3 is 16.0 Å². The Labute approximate surface area is 131 Å². The standard InChI is InChI=1S/C16H23N3OS/c1-19-9-5-6-12(11-19)10-18-16(20)14(15(17)21)13-7-3-2-4-8-13/h2-4,7-8,12,14H,5-6,9-11H2,1H3,(H2,17,21)(H,18,20). The number of hydrogen-bond donors (Lipinski definition) is 2. The molecule has 5 heteroatoms. The van der Waals surface area contributed by atoms with E-state index >= 15 is 0 Å². The highest BCUT2D eigenvalue weighted by Gasteiger charge is 2.25. The molecule has 0 spiro atoms. The Balaban J connectivity index is 1.95. The van der Waals surface area contributed by atoms with Gasteiger partial charge in [0.05, 0.1) is 4.99 Å². The molecule has 0 bridgehead atoms. The van der Waals surface area contributed by atoms with Crippen LogP contribution in [0.5, 0.6) is 0 Å². The molecule has 0 aliphatic carbocycles. The second-order valence-electron chi connectivity index (χ2n) is 5.76. The van der Waals surface area contributed by atoms with Crippen molar-refractivity contribution in [2.24, 2.45) is 11.7 Å². The number of piperidine rings is 1. The number of rotatable bonds is 5. The molecule has 1 aliphatic rings. The van der Waals surface area contributed by atoms with Crippen LogP contribution in [0.15, 0.2) is 30.3 Å². The second kappa shape index (κ2) is 7.52. The molecule has 1 aliphatic heterocycles. The molecule has 1 heterocycles. The first-order valence-corrected chi connectivity index (χ1v) is 7.79. The van der Waals surface area contributed by atoms with E-state index in [0.29, 0.717) is 12.5 Å². The summed E-state index contributed by atoms with van der Waals surface area (Å²) in [7, 11) is 2.12. The smallest absolute Gasteiger partial charge is 0.234 e. The third-order valence-electron chi connectivity index (χ3n) is 3.97. The van der Waals surface area contributed by atoms with Crippen molar-refractivity contribution in [1.29, 1.82) is 0 Å². The Morgan fingerprint density at radius 3 is 2.81 bits per heavy atom. The first kappa shape index (κ1) is 15.9. The maximum absolute atomic E-state index is 12.4. The predicted octanol–water partition coefficient (Wildman–Crippen LogP) is 1.51. The van der Waals surface area contributed by atoms with Crippen LogP contribution in [-0.4, -0.2) is 42.5 Å². The van der Waals surface area contributed by atoms with E-state index in [9.17, 15) is 4.79 Å². The molecular formula is C16H23N3OS. The molecule has 3 N–H and O–H groups in total. The van der Waals surface area contributed by atoms with Crippen molar-refractivity contribution < 1.29 is 4.79 Å². The number of carbonyl (C=O) groups excluding carboxylic acids is 1. The molecule has 21 heavy (non-hydrogen) atoms. The molecule has 0 aromatic heterocycles. The number of carbonyl (C=O) groups is 1. The van der Waals surface area contributed by atoms with Crippen molar-refractivity contribution in [3.8, 4) is 0 Å². The van der Waals surface area contributed by atoms with E-state index in [1.807, 2.05) is 30.3 Å². The molecule has 1 amide bonds. The van der Waals surface area contributed by atoms with Gasteiger partial charge in [-0.15, -0.1) is 0 Å². The van der Waals surface area contributed by atoms with Crippen LogP contribution in [0.4, 0.5) is 0 Å². The second-order valence-corrected chi connectivity index (χ2v) is 6.23. The summed E-state index contributed by atoms with van der Waals surface area (Å²) in [6, 6.07) is 9.47. The third kappa shape index (κ3) is 4.51. The number of nitrogens with one attached hydrogen (secondary N) is 1. The maximum atomic E-state index is 12.4. The fourth-order valence-electron chi connectivity index (χ4n) is 2.88. The number of nitrogens with zero attached hydrogens (tertiary/aromatic N) is 1. The average molecular weight is 305 g/mol. The largest absolute Gasteiger partial charge is 0.392 e. The summed E-state index contributed by atoms with van der Waals surface area (Å²) >= 11 is 5.07. The molecule has 2 atom stereocenters. The zero-order chi connectivity index (χ0) is 15.2. The van der Waals surface area contributed by atoms with E-state index in [4.69, 9.17) is 18.0 Å². The fourth-order valence-corrected chi connectivity index (χ4v) is 3.12. The van der Waals surface area contributed by atoms with Gasteiger partial charge in [0.25, 0.3) is 0 Å². The van der Waals surface area contributed by atoms with Crippen LogP contribution in [0.1, 0.15) is 24.3 Å². The van der Waals surface area contributed by atoms with Crippen molar-refractivity contribution in [2.45, 2.75) is 18.8 Å². The van der Waals surface area contributed by atoms with Crippen molar-refractivity contribution in [3.63, 3.8) is 0 Å². The van der Waals surface area contributed by atoms with Crippen LogP contribution < -0.4 is 11.1 Å². The van der Waals surface area contributed by atoms with Gasteiger partial charge in [-0.05, 0) is 37.9 Å². The van der Waals surface area contributed by atoms with Gasteiger partial charge in [-0.25, -0.2) is 0 Å². The number of thiocarbonyl (C=S) groups is 1. The summed E-state index contributed by atoms with van der Waals surface area (Å²) < 4.78 is 0. The van der Waals surface area contributed by atoms with Crippen LogP contribution >= 0.6 is 12.2 Å². The van der Waals surface area contributed by atoms with Gasteiger partial charge in [0.2, 0.25) is 5.91 Å². The number of benzene rings is 1. The summed E-state index contributed by atoms with van der Waals surface area (Å²) in [6.45, 7) is 2.86. The van der Waals surface area contributed by atoms with Gasteiger partial charge in [0.1, 0.15) is 5.92 Å². The average Bonchev–Trinajstić information content (AvgIpc) is 2.46. The molecule has 0 saturated carbocycles. The maximum Gasteiger partial charge on any atom is 0.234 e. The minimum atomic E-state index is -0.539. The Kier molecular flexibility index (Phi) is 5.70. The van der Waals surface area contributed by atoms with Crippen LogP contribution in [-0.2, 0) is 4.79 Å². The normalized spacial score (nSPS) is 20.7.